The molecule has 1 nitrogen and oxygen atoms in total. The zero-order valence-corrected chi connectivity index (χ0v) is 11.1. The fourth-order valence-electron chi connectivity index (χ4n) is 0.957. The van der Waals surface area contributed by atoms with Crippen molar-refractivity contribution in [1.82, 2.24) is 0 Å². The van der Waals surface area contributed by atoms with Crippen LogP contribution in [0.3, 0.4) is 0 Å². The Bertz CT molecular complexity index is 210. The summed E-state index contributed by atoms with van der Waals surface area (Å²) in [7, 11) is 1.71. The van der Waals surface area contributed by atoms with Gasteiger partial charge in [-0.3, -0.25) is 0 Å². The fourth-order valence-corrected chi connectivity index (χ4v) is 1.82. The van der Waals surface area contributed by atoms with Crippen LogP contribution in [0.25, 0.3) is 0 Å². The van der Waals surface area contributed by atoms with Gasteiger partial charge in [-0.25, -0.2) is 0 Å². The van der Waals surface area contributed by atoms with E-state index in [1.807, 2.05) is 0 Å². The van der Waals surface area contributed by atoms with Crippen molar-refractivity contribution in [3.63, 3.8) is 0 Å². The van der Waals surface area contributed by atoms with Gasteiger partial charge in [0.05, 0.1) is 0 Å². The Labute approximate surface area is 94.5 Å². The second-order valence-corrected chi connectivity index (χ2v) is 4.77. The van der Waals surface area contributed by atoms with E-state index in [4.69, 9.17) is 4.74 Å². The number of ether oxygens (including phenoxy) is 1. The molecular weight excluding hydrogens is 239 g/mol. The van der Waals surface area contributed by atoms with Crippen LogP contribution >= 0.6 is 0 Å². The van der Waals surface area contributed by atoms with Crippen LogP contribution in [0.5, 0.6) is 0 Å². The number of methoxy groups -OCH3 is 1. The predicted octanol–water partition coefficient (Wildman–Crippen LogP) is 2.85. The molecule has 0 aromatic carbocycles. The summed E-state index contributed by atoms with van der Waals surface area (Å²) in [5, 5.41) is 0. The van der Waals surface area contributed by atoms with Gasteiger partial charge >= 0.3 is 94.2 Å². The molecule has 0 aromatic heterocycles. The Balaban J connectivity index is 3.78. The summed E-state index contributed by atoms with van der Waals surface area (Å²) in [6.07, 6.45) is 6.92. The quantitative estimate of drug-likeness (QED) is 0.405. The van der Waals surface area contributed by atoms with Crippen LogP contribution < -0.4 is 0 Å². The zero-order chi connectivity index (χ0) is 10.6. The Morgan fingerprint density at radius 1 is 1.43 bits per heavy atom. The van der Waals surface area contributed by atoms with Crippen LogP contribution in [0.4, 0.5) is 0 Å². The maximum atomic E-state index is 4.98. The first-order chi connectivity index (χ1) is 6.85. The molecule has 0 fully saturated rings. The van der Waals surface area contributed by atoms with Crippen molar-refractivity contribution < 1.29 is 4.74 Å². The Hall–Kier alpha value is -0.221. The van der Waals surface area contributed by atoms with E-state index in [-0.39, 0.29) is 0 Å². The molecule has 0 bridgehead atoms. The maximum absolute atomic E-state index is 4.98. The van der Waals surface area contributed by atoms with Gasteiger partial charge in [0, 0.05) is 0 Å². The molecule has 0 spiro atoms. The van der Waals surface area contributed by atoms with Crippen LogP contribution in [0.2, 0.25) is 5.82 Å². The average Bonchev–Trinajstić information content (AvgIpc) is 2.22. The van der Waals surface area contributed by atoms with Gasteiger partial charge in [-0.2, -0.15) is 0 Å². The Morgan fingerprint density at radius 2 is 2.21 bits per heavy atom. The number of rotatable bonds is 6. The predicted molar refractivity (Wildman–Crippen MR) is 63.5 cm³/mol. The van der Waals surface area contributed by atoms with Crippen molar-refractivity contribution in [2.24, 2.45) is 0 Å². The number of unbranched alkanes of at least 4 members (excludes halogenated alkanes) is 3. The van der Waals surface area contributed by atoms with Crippen molar-refractivity contribution in [1.29, 1.82) is 0 Å². The molecule has 0 aromatic rings. The molecule has 0 aliphatic rings. The van der Waals surface area contributed by atoms with E-state index in [0.717, 1.165) is 6.42 Å². The molecule has 2 heteroatoms. The molecule has 0 saturated carbocycles. The number of allylic oxidation sites excluding steroid dienone is 1. The van der Waals surface area contributed by atoms with Gasteiger partial charge in [0.25, 0.3) is 0 Å². The molecule has 0 aliphatic carbocycles. The van der Waals surface area contributed by atoms with E-state index >= 15 is 0 Å². The molecule has 0 amide bonds. The first kappa shape index (κ1) is 13.8. The summed E-state index contributed by atoms with van der Waals surface area (Å²) >= 11 is 0.496. The minimum absolute atomic E-state index is 0.496. The van der Waals surface area contributed by atoms with Gasteiger partial charge in [0.1, 0.15) is 0 Å². The van der Waals surface area contributed by atoms with E-state index in [1.165, 1.54) is 23.7 Å². The minimum atomic E-state index is 0.496. The van der Waals surface area contributed by atoms with Crippen molar-refractivity contribution in [2.45, 2.75) is 38.4 Å². The fraction of sp³-hybridized carbons (Fsp3) is 0.667. The molecule has 80 valence electrons. The number of hydrogen-bond donors (Lipinski definition) is 0. The SMILES string of the molecule is CCCCCC#C/C(=C/COC)[Se]C. The third kappa shape index (κ3) is 8.38. The summed E-state index contributed by atoms with van der Waals surface area (Å²) < 4.78 is 6.24. The number of hydrogen-bond acceptors (Lipinski definition) is 1. The van der Waals surface area contributed by atoms with Crippen LogP contribution in [-0.2, 0) is 4.74 Å². The molecular formula is C12H20OSe. The van der Waals surface area contributed by atoms with Gasteiger partial charge in [0.15, 0.2) is 0 Å². The zero-order valence-electron chi connectivity index (χ0n) is 9.43. The molecule has 0 saturated heterocycles. The molecule has 0 rings (SSSR count). The van der Waals surface area contributed by atoms with Crippen LogP contribution in [0.15, 0.2) is 10.5 Å². The van der Waals surface area contributed by atoms with Crippen LogP contribution in [0, 0.1) is 11.8 Å². The van der Waals surface area contributed by atoms with Gasteiger partial charge in [-0.1, -0.05) is 0 Å². The van der Waals surface area contributed by atoms with Gasteiger partial charge in [-0.05, 0) is 0 Å². The van der Waals surface area contributed by atoms with E-state index in [2.05, 4.69) is 30.7 Å². The third-order valence-corrected chi connectivity index (χ3v) is 3.26. The summed E-state index contributed by atoms with van der Waals surface area (Å²) in [5.74, 6) is 8.63. The van der Waals surface area contributed by atoms with Crippen molar-refractivity contribution >= 4 is 15.0 Å². The summed E-state index contributed by atoms with van der Waals surface area (Å²) in [6.45, 7) is 2.90. The summed E-state index contributed by atoms with van der Waals surface area (Å²) in [5.41, 5.74) is 0. The standard InChI is InChI=1S/C12H20OSe/c1-4-5-6-7-8-9-12(14-3)10-11-13-2/h10H,4-7,11H2,1-3H3/b12-10-. The second-order valence-electron chi connectivity index (χ2n) is 2.99. The van der Waals surface area contributed by atoms with Gasteiger partial charge < -0.3 is 0 Å². The van der Waals surface area contributed by atoms with Crippen LogP contribution in [0.1, 0.15) is 32.6 Å². The van der Waals surface area contributed by atoms with Gasteiger partial charge in [-0.15, -0.1) is 0 Å². The van der Waals surface area contributed by atoms with E-state index in [9.17, 15) is 0 Å². The van der Waals surface area contributed by atoms with E-state index < -0.39 is 0 Å². The third-order valence-electron chi connectivity index (χ3n) is 1.77. The first-order valence-corrected chi connectivity index (χ1v) is 7.64. The van der Waals surface area contributed by atoms with E-state index in [1.54, 1.807) is 7.11 Å². The Kier molecular flexibility index (Phi) is 10.7. The molecule has 0 unspecified atom stereocenters. The second kappa shape index (κ2) is 10.9. The monoisotopic (exact) mass is 260 g/mol. The van der Waals surface area contributed by atoms with Crippen molar-refractivity contribution in [2.75, 3.05) is 13.7 Å². The summed E-state index contributed by atoms with van der Waals surface area (Å²) in [4.78, 5) is 0. The van der Waals surface area contributed by atoms with Gasteiger partial charge in [0.2, 0.25) is 0 Å². The first-order valence-electron chi connectivity index (χ1n) is 5.07. The van der Waals surface area contributed by atoms with Crippen molar-refractivity contribution in [3.05, 3.63) is 10.5 Å². The molecule has 14 heavy (non-hydrogen) atoms. The Morgan fingerprint density at radius 3 is 2.79 bits per heavy atom. The molecule has 0 radical (unpaired) electrons. The molecule has 0 aliphatic heterocycles. The van der Waals surface area contributed by atoms with Crippen LogP contribution in [-0.4, -0.2) is 28.7 Å². The van der Waals surface area contributed by atoms with Crippen molar-refractivity contribution in [3.8, 4) is 11.8 Å². The van der Waals surface area contributed by atoms with E-state index in [0.29, 0.717) is 21.6 Å². The molecule has 0 atom stereocenters. The normalized spacial score (nSPS) is 10.9. The summed E-state index contributed by atoms with van der Waals surface area (Å²) in [6, 6.07) is 0. The topological polar surface area (TPSA) is 9.23 Å². The average molecular weight is 259 g/mol. The molecule has 0 heterocycles. The molecule has 0 N–H and O–H groups in total.